The van der Waals surface area contributed by atoms with Crippen molar-refractivity contribution in [3.05, 3.63) is 59.9 Å². The second kappa shape index (κ2) is 8.82. The second-order valence-electron chi connectivity index (χ2n) is 8.03. The van der Waals surface area contributed by atoms with Crippen LogP contribution in [0.25, 0.3) is 0 Å². The van der Waals surface area contributed by atoms with E-state index in [0.717, 1.165) is 49.2 Å². The molecule has 0 saturated carbocycles. The number of hydrogen-bond acceptors (Lipinski definition) is 3. The smallest absolute Gasteiger partial charge is 0.319 e. The Hall–Kier alpha value is -2.60. The van der Waals surface area contributed by atoms with Crippen LogP contribution < -0.4 is 15.4 Å². The van der Waals surface area contributed by atoms with Crippen molar-refractivity contribution < 1.29 is 13.9 Å². The average Bonchev–Trinajstić information content (AvgIpc) is 2.71. The van der Waals surface area contributed by atoms with Crippen LogP contribution >= 0.6 is 0 Å². The van der Waals surface area contributed by atoms with E-state index in [1.54, 1.807) is 7.11 Å². The van der Waals surface area contributed by atoms with Crippen LogP contribution in [0.1, 0.15) is 37.7 Å². The zero-order valence-electron chi connectivity index (χ0n) is 16.7. The van der Waals surface area contributed by atoms with Crippen molar-refractivity contribution in [3.63, 3.8) is 0 Å². The van der Waals surface area contributed by atoms with E-state index in [0.29, 0.717) is 12.1 Å². The van der Waals surface area contributed by atoms with Gasteiger partial charge in [0.15, 0.2) is 0 Å². The number of nitrogens with zero attached hydrogens (tertiary/aromatic N) is 1. The molecule has 1 unspecified atom stereocenters. The van der Waals surface area contributed by atoms with Crippen molar-refractivity contribution >= 4 is 11.7 Å². The van der Waals surface area contributed by atoms with Gasteiger partial charge in [-0.3, -0.25) is 4.90 Å². The van der Waals surface area contributed by atoms with Crippen LogP contribution in [0.15, 0.2) is 48.5 Å². The monoisotopic (exact) mass is 397 g/mol. The zero-order chi connectivity index (χ0) is 20.2. The lowest BCUT2D eigenvalue weighted by molar-refractivity contribution is 0.0200. The van der Waals surface area contributed by atoms with E-state index in [1.807, 2.05) is 36.4 Å². The Labute approximate surface area is 171 Å². The molecule has 3 atom stereocenters. The van der Waals surface area contributed by atoms with Crippen LogP contribution in [0, 0.1) is 5.82 Å². The molecule has 2 bridgehead atoms. The molecule has 0 spiro atoms. The standard InChI is InChI=1S/C23H28FN3O2/c1-29-22-11-9-18(10-12-22)25-23(28)26-19-13-20-3-2-4-21(14-19)27(20)15-16-5-7-17(24)8-6-16/h5-12,19-21H,2-4,13-15H2,1H3,(H2,25,26,28)/t19?,20-,21+. The molecule has 5 nitrogen and oxygen atoms in total. The molecule has 2 amide bonds. The van der Waals surface area contributed by atoms with Crippen LogP contribution in [-0.4, -0.2) is 36.2 Å². The van der Waals surface area contributed by atoms with Gasteiger partial charge in [0.1, 0.15) is 11.6 Å². The molecule has 2 N–H and O–H groups in total. The van der Waals surface area contributed by atoms with Gasteiger partial charge in [0.05, 0.1) is 7.11 Å². The van der Waals surface area contributed by atoms with Crippen LogP contribution in [0.4, 0.5) is 14.9 Å². The van der Waals surface area contributed by atoms with Crippen molar-refractivity contribution in [1.29, 1.82) is 0 Å². The molecule has 6 heteroatoms. The summed E-state index contributed by atoms with van der Waals surface area (Å²) < 4.78 is 18.3. The molecular weight excluding hydrogens is 369 g/mol. The van der Waals surface area contributed by atoms with E-state index >= 15 is 0 Å². The van der Waals surface area contributed by atoms with Crippen molar-refractivity contribution in [2.24, 2.45) is 0 Å². The number of ether oxygens (including phenoxy) is 1. The number of benzene rings is 2. The summed E-state index contributed by atoms with van der Waals surface area (Å²) in [6.07, 6.45) is 5.44. The Morgan fingerprint density at radius 3 is 2.34 bits per heavy atom. The van der Waals surface area contributed by atoms with Crippen LogP contribution in [0.2, 0.25) is 0 Å². The van der Waals surface area contributed by atoms with Crippen LogP contribution in [-0.2, 0) is 6.54 Å². The number of hydrogen-bond donors (Lipinski definition) is 2. The topological polar surface area (TPSA) is 53.6 Å². The Bertz CT molecular complexity index is 811. The quantitative estimate of drug-likeness (QED) is 0.779. The summed E-state index contributed by atoms with van der Waals surface area (Å²) in [5.41, 5.74) is 1.89. The van der Waals surface area contributed by atoms with Crippen molar-refractivity contribution in [1.82, 2.24) is 10.2 Å². The molecule has 4 rings (SSSR count). The van der Waals surface area contributed by atoms with E-state index < -0.39 is 0 Å². The number of amides is 2. The molecule has 2 aromatic carbocycles. The molecule has 29 heavy (non-hydrogen) atoms. The maximum absolute atomic E-state index is 13.2. The van der Waals surface area contributed by atoms with Gasteiger partial charge in [-0.2, -0.15) is 0 Å². The summed E-state index contributed by atoms with van der Waals surface area (Å²) in [5, 5.41) is 6.07. The van der Waals surface area contributed by atoms with Crippen LogP contribution in [0.3, 0.4) is 0 Å². The minimum absolute atomic E-state index is 0.162. The van der Waals surface area contributed by atoms with Crippen molar-refractivity contribution in [3.8, 4) is 5.75 Å². The van der Waals surface area contributed by atoms with E-state index in [9.17, 15) is 9.18 Å². The highest BCUT2D eigenvalue weighted by atomic mass is 19.1. The summed E-state index contributed by atoms with van der Waals surface area (Å²) in [6.45, 7) is 0.848. The first kappa shape index (κ1) is 19.7. The van der Waals surface area contributed by atoms with E-state index in [1.165, 1.54) is 18.6 Å². The first-order valence-corrected chi connectivity index (χ1v) is 10.3. The molecule has 2 aromatic rings. The lowest BCUT2D eigenvalue weighted by Gasteiger charge is -2.49. The molecule has 0 aliphatic carbocycles. The number of urea groups is 1. The largest absolute Gasteiger partial charge is 0.497 e. The Kier molecular flexibility index (Phi) is 6.00. The lowest BCUT2D eigenvalue weighted by atomic mass is 9.81. The van der Waals surface area contributed by atoms with Gasteiger partial charge in [0.25, 0.3) is 0 Å². The van der Waals surface area contributed by atoms with Gasteiger partial charge in [0.2, 0.25) is 0 Å². The normalized spacial score (nSPS) is 24.0. The number of halogens is 1. The third-order valence-corrected chi connectivity index (χ3v) is 6.09. The third kappa shape index (κ3) is 4.88. The summed E-state index contributed by atoms with van der Waals surface area (Å²) in [6, 6.07) is 15.1. The number of methoxy groups -OCH3 is 1. The number of piperidine rings is 2. The highest BCUT2D eigenvalue weighted by Gasteiger charge is 2.38. The number of carbonyl (C=O) groups excluding carboxylic acids is 1. The summed E-state index contributed by atoms with van der Waals surface area (Å²) >= 11 is 0. The van der Waals surface area contributed by atoms with E-state index in [2.05, 4.69) is 15.5 Å². The molecule has 2 aliphatic heterocycles. The van der Waals surface area contributed by atoms with E-state index in [-0.39, 0.29) is 17.9 Å². The van der Waals surface area contributed by atoms with Gasteiger partial charge in [-0.1, -0.05) is 18.6 Å². The minimum Gasteiger partial charge on any atom is -0.497 e. The van der Waals surface area contributed by atoms with Gasteiger partial charge >= 0.3 is 6.03 Å². The molecule has 2 heterocycles. The molecule has 154 valence electrons. The molecule has 2 aliphatic rings. The number of carbonyl (C=O) groups is 1. The first-order valence-electron chi connectivity index (χ1n) is 10.3. The molecule has 2 saturated heterocycles. The Morgan fingerprint density at radius 1 is 1.07 bits per heavy atom. The lowest BCUT2D eigenvalue weighted by Crippen LogP contribution is -2.56. The van der Waals surface area contributed by atoms with Gasteiger partial charge in [-0.25, -0.2) is 9.18 Å². The van der Waals surface area contributed by atoms with Gasteiger partial charge < -0.3 is 15.4 Å². The third-order valence-electron chi connectivity index (χ3n) is 6.09. The summed E-state index contributed by atoms with van der Waals surface area (Å²) in [5.74, 6) is 0.567. The van der Waals surface area contributed by atoms with Crippen LogP contribution in [0.5, 0.6) is 5.75 Å². The fourth-order valence-electron chi connectivity index (χ4n) is 4.68. The summed E-state index contributed by atoms with van der Waals surface area (Å²) in [4.78, 5) is 15.0. The fourth-order valence-corrected chi connectivity index (χ4v) is 4.68. The minimum atomic E-state index is -0.195. The maximum Gasteiger partial charge on any atom is 0.319 e. The van der Waals surface area contributed by atoms with E-state index in [4.69, 9.17) is 4.74 Å². The Morgan fingerprint density at radius 2 is 1.72 bits per heavy atom. The first-order chi connectivity index (χ1) is 14.1. The zero-order valence-corrected chi connectivity index (χ0v) is 16.7. The fraction of sp³-hybridized carbons (Fsp3) is 0.435. The second-order valence-corrected chi connectivity index (χ2v) is 8.03. The highest BCUT2D eigenvalue weighted by molar-refractivity contribution is 5.89. The number of rotatable bonds is 5. The molecular formula is C23H28FN3O2. The van der Waals surface area contributed by atoms with Crippen molar-refractivity contribution in [2.75, 3.05) is 12.4 Å². The average molecular weight is 397 g/mol. The maximum atomic E-state index is 13.2. The van der Waals surface area contributed by atoms with Gasteiger partial charge in [-0.05, 0) is 67.6 Å². The predicted octanol–water partition coefficient (Wildman–Crippen LogP) is 4.54. The SMILES string of the molecule is COc1ccc(NC(=O)NC2C[C@H]3CCC[C@@H](C2)N3Cc2ccc(F)cc2)cc1. The van der Waals surface area contributed by atoms with Crippen molar-refractivity contribution in [2.45, 2.75) is 56.8 Å². The molecule has 2 fully saturated rings. The number of anilines is 1. The Balaban J connectivity index is 1.34. The molecule has 0 aromatic heterocycles. The predicted molar refractivity (Wildman–Crippen MR) is 112 cm³/mol. The number of nitrogens with one attached hydrogen (secondary N) is 2. The van der Waals surface area contributed by atoms with Gasteiger partial charge in [0, 0.05) is 30.4 Å². The van der Waals surface area contributed by atoms with Gasteiger partial charge in [-0.15, -0.1) is 0 Å². The highest BCUT2D eigenvalue weighted by Crippen LogP contribution is 2.35. The number of fused-ring (bicyclic) bond motifs is 2. The summed E-state index contributed by atoms with van der Waals surface area (Å²) in [7, 11) is 1.62. The molecule has 0 radical (unpaired) electrons.